The van der Waals surface area contributed by atoms with Crippen LogP contribution in [0, 0.1) is 0 Å². The zero-order chi connectivity index (χ0) is 15.0. The van der Waals surface area contributed by atoms with Gasteiger partial charge in [-0.3, -0.25) is 0 Å². The molecule has 0 radical (unpaired) electrons. The molecule has 110 valence electrons. The lowest BCUT2D eigenvalue weighted by Crippen LogP contribution is -1.99. The van der Waals surface area contributed by atoms with Crippen molar-refractivity contribution in [3.05, 3.63) is 28.9 Å². The second-order valence-electron chi connectivity index (χ2n) is 4.69. The van der Waals surface area contributed by atoms with E-state index >= 15 is 0 Å². The van der Waals surface area contributed by atoms with Crippen LogP contribution in [0.1, 0.15) is 23.3 Å². The number of rotatable bonds is 5. The summed E-state index contributed by atoms with van der Waals surface area (Å²) in [7, 11) is 1.51. The molecule has 1 saturated carbocycles. The molecule has 0 aliphatic heterocycles. The fraction of sp³-hybridized carbons (Fsp3) is 0.286. The Morgan fingerprint density at radius 2 is 2.19 bits per heavy atom. The van der Waals surface area contributed by atoms with Crippen molar-refractivity contribution in [1.29, 1.82) is 0 Å². The van der Waals surface area contributed by atoms with Crippen molar-refractivity contribution in [1.82, 2.24) is 5.16 Å². The van der Waals surface area contributed by atoms with Gasteiger partial charge in [-0.15, -0.1) is 0 Å². The van der Waals surface area contributed by atoms with Gasteiger partial charge in [0.25, 0.3) is 0 Å². The van der Waals surface area contributed by atoms with Gasteiger partial charge in [0.2, 0.25) is 0 Å². The van der Waals surface area contributed by atoms with E-state index in [1.54, 1.807) is 12.1 Å². The van der Waals surface area contributed by atoms with E-state index in [2.05, 4.69) is 5.16 Å². The van der Waals surface area contributed by atoms with Crippen LogP contribution < -0.4 is 9.47 Å². The summed E-state index contributed by atoms with van der Waals surface area (Å²) in [4.78, 5) is 10.8. The Kier molecular flexibility index (Phi) is 3.47. The van der Waals surface area contributed by atoms with Crippen LogP contribution >= 0.6 is 11.6 Å². The number of benzene rings is 1. The standard InChI is InChI=1S/C14H12ClNO5/c1-19-12-5-7(11-6-10(14(17)18)16-21-11)4-9(15)13(12)20-8-2-3-8/h4-6,8H,2-3H2,1H3,(H,17,18). The zero-order valence-corrected chi connectivity index (χ0v) is 11.9. The van der Waals surface area contributed by atoms with Crippen LogP contribution in [0.25, 0.3) is 11.3 Å². The van der Waals surface area contributed by atoms with Gasteiger partial charge in [-0.2, -0.15) is 0 Å². The van der Waals surface area contributed by atoms with Crippen LogP contribution in [0.3, 0.4) is 0 Å². The van der Waals surface area contributed by atoms with Crippen molar-refractivity contribution < 1.29 is 23.9 Å². The first kappa shape index (κ1) is 13.8. The Morgan fingerprint density at radius 3 is 2.76 bits per heavy atom. The lowest BCUT2D eigenvalue weighted by Gasteiger charge is -2.12. The van der Waals surface area contributed by atoms with E-state index in [9.17, 15) is 4.79 Å². The molecule has 1 aliphatic rings. The first-order valence-electron chi connectivity index (χ1n) is 6.33. The van der Waals surface area contributed by atoms with Gasteiger partial charge >= 0.3 is 5.97 Å². The molecule has 2 aromatic rings. The second-order valence-corrected chi connectivity index (χ2v) is 5.10. The SMILES string of the molecule is COc1cc(-c2cc(C(=O)O)no2)cc(Cl)c1OC1CC1. The van der Waals surface area contributed by atoms with Crippen molar-refractivity contribution in [2.45, 2.75) is 18.9 Å². The summed E-state index contributed by atoms with van der Waals surface area (Å²) < 4.78 is 16.0. The third-order valence-electron chi connectivity index (χ3n) is 3.05. The van der Waals surface area contributed by atoms with E-state index in [4.69, 9.17) is 30.7 Å². The molecule has 7 heteroatoms. The van der Waals surface area contributed by atoms with E-state index in [1.807, 2.05) is 0 Å². The second kappa shape index (κ2) is 5.29. The summed E-state index contributed by atoms with van der Waals surface area (Å²) in [5.74, 6) is 0.100. The Labute approximate surface area is 125 Å². The third-order valence-corrected chi connectivity index (χ3v) is 3.33. The van der Waals surface area contributed by atoms with Gasteiger partial charge in [-0.1, -0.05) is 16.8 Å². The van der Waals surface area contributed by atoms with Gasteiger partial charge in [0.15, 0.2) is 23.0 Å². The summed E-state index contributed by atoms with van der Waals surface area (Å²) in [5, 5.41) is 12.7. The average molecular weight is 310 g/mol. The highest BCUT2D eigenvalue weighted by Gasteiger charge is 2.27. The molecule has 1 aliphatic carbocycles. The number of carboxylic acid groups (broad SMARTS) is 1. The van der Waals surface area contributed by atoms with Gasteiger partial charge in [0.05, 0.1) is 18.2 Å². The molecule has 0 atom stereocenters. The summed E-state index contributed by atoms with van der Waals surface area (Å²) in [6, 6.07) is 4.64. The lowest BCUT2D eigenvalue weighted by molar-refractivity contribution is 0.0686. The molecule has 0 bridgehead atoms. The number of hydrogen-bond donors (Lipinski definition) is 1. The minimum atomic E-state index is -1.16. The molecule has 0 saturated heterocycles. The molecule has 0 spiro atoms. The maximum Gasteiger partial charge on any atom is 0.358 e. The van der Waals surface area contributed by atoms with Gasteiger partial charge in [0.1, 0.15) is 0 Å². The molecule has 0 amide bonds. The van der Waals surface area contributed by atoms with E-state index in [0.29, 0.717) is 27.8 Å². The minimum absolute atomic E-state index is 0.168. The number of methoxy groups -OCH3 is 1. The first-order chi connectivity index (χ1) is 10.1. The highest BCUT2D eigenvalue weighted by molar-refractivity contribution is 6.32. The maximum absolute atomic E-state index is 10.8. The topological polar surface area (TPSA) is 81.8 Å². The number of aromatic nitrogens is 1. The van der Waals surface area contributed by atoms with Crippen LogP contribution in [0.15, 0.2) is 22.7 Å². The predicted molar refractivity (Wildman–Crippen MR) is 74.1 cm³/mol. The van der Waals surface area contributed by atoms with Crippen LogP contribution in [-0.4, -0.2) is 29.4 Å². The lowest BCUT2D eigenvalue weighted by atomic mass is 10.1. The first-order valence-corrected chi connectivity index (χ1v) is 6.71. The normalized spacial score (nSPS) is 14.0. The highest BCUT2D eigenvalue weighted by atomic mass is 35.5. The Balaban J connectivity index is 1.98. The number of carbonyl (C=O) groups is 1. The monoisotopic (exact) mass is 309 g/mol. The molecule has 1 aromatic carbocycles. The predicted octanol–water partition coefficient (Wildman–Crippen LogP) is 3.24. The van der Waals surface area contributed by atoms with E-state index in [-0.39, 0.29) is 11.8 Å². The number of ether oxygens (including phenoxy) is 2. The van der Waals surface area contributed by atoms with Gasteiger partial charge in [0, 0.05) is 11.6 Å². The smallest absolute Gasteiger partial charge is 0.358 e. The molecule has 1 heterocycles. The van der Waals surface area contributed by atoms with Crippen molar-refractivity contribution in [2.75, 3.05) is 7.11 Å². The number of hydrogen-bond acceptors (Lipinski definition) is 5. The number of carboxylic acids is 1. The number of halogens is 1. The van der Waals surface area contributed by atoms with Gasteiger partial charge in [-0.25, -0.2) is 4.79 Å². The molecule has 1 aromatic heterocycles. The third kappa shape index (κ3) is 2.80. The van der Waals surface area contributed by atoms with E-state index in [1.165, 1.54) is 13.2 Å². The van der Waals surface area contributed by atoms with Crippen LogP contribution in [0.5, 0.6) is 11.5 Å². The fourth-order valence-electron chi connectivity index (χ4n) is 1.84. The molecule has 1 N–H and O–H groups in total. The van der Waals surface area contributed by atoms with E-state index in [0.717, 1.165) is 12.8 Å². The average Bonchev–Trinajstić information content (AvgIpc) is 3.13. The van der Waals surface area contributed by atoms with E-state index < -0.39 is 5.97 Å². The quantitative estimate of drug-likeness (QED) is 0.913. The molecule has 6 nitrogen and oxygen atoms in total. The minimum Gasteiger partial charge on any atom is -0.493 e. The maximum atomic E-state index is 10.8. The molecular formula is C14H12ClNO5. The Bertz CT molecular complexity index is 693. The largest absolute Gasteiger partial charge is 0.493 e. The van der Waals surface area contributed by atoms with Crippen molar-refractivity contribution >= 4 is 17.6 Å². The fourth-order valence-corrected chi connectivity index (χ4v) is 2.10. The summed E-state index contributed by atoms with van der Waals surface area (Å²) in [6.45, 7) is 0. The Morgan fingerprint density at radius 1 is 1.43 bits per heavy atom. The van der Waals surface area contributed by atoms with Crippen LogP contribution in [0.2, 0.25) is 5.02 Å². The molecular weight excluding hydrogens is 298 g/mol. The van der Waals surface area contributed by atoms with Crippen molar-refractivity contribution in [3.8, 4) is 22.8 Å². The zero-order valence-electron chi connectivity index (χ0n) is 11.1. The summed E-state index contributed by atoms with van der Waals surface area (Å²) in [5.41, 5.74) is 0.401. The summed E-state index contributed by atoms with van der Waals surface area (Å²) in [6.07, 6.45) is 2.20. The van der Waals surface area contributed by atoms with Crippen LogP contribution in [0.4, 0.5) is 0 Å². The Hall–Kier alpha value is -2.21. The molecule has 3 rings (SSSR count). The van der Waals surface area contributed by atoms with Gasteiger partial charge in [-0.05, 0) is 25.0 Å². The number of aromatic carboxylic acids is 1. The van der Waals surface area contributed by atoms with Crippen molar-refractivity contribution in [3.63, 3.8) is 0 Å². The van der Waals surface area contributed by atoms with Crippen LogP contribution in [-0.2, 0) is 0 Å². The molecule has 1 fully saturated rings. The van der Waals surface area contributed by atoms with Gasteiger partial charge < -0.3 is 19.1 Å². The summed E-state index contributed by atoms with van der Waals surface area (Å²) >= 11 is 6.22. The molecule has 0 unspecified atom stereocenters. The highest BCUT2D eigenvalue weighted by Crippen LogP contribution is 2.42. The number of nitrogens with zero attached hydrogens (tertiary/aromatic N) is 1. The molecule has 21 heavy (non-hydrogen) atoms. The van der Waals surface area contributed by atoms with Crippen molar-refractivity contribution in [2.24, 2.45) is 0 Å².